The summed E-state index contributed by atoms with van der Waals surface area (Å²) in [6.45, 7) is 2.00. The van der Waals surface area contributed by atoms with E-state index in [-0.39, 0.29) is 6.10 Å². The Bertz CT molecular complexity index is 686. The smallest absolute Gasteiger partial charge is 0.242 e. The number of anilines is 3. The van der Waals surface area contributed by atoms with Crippen LogP contribution in [-0.4, -0.2) is 16.1 Å². The fourth-order valence-electron chi connectivity index (χ4n) is 2.77. The average molecular weight is 333 g/mol. The second kappa shape index (κ2) is 7.04. The van der Waals surface area contributed by atoms with Gasteiger partial charge in [-0.05, 0) is 50.3 Å². The van der Waals surface area contributed by atoms with Crippen molar-refractivity contribution in [3.8, 4) is 5.88 Å². The van der Waals surface area contributed by atoms with Crippen molar-refractivity contribution >= 4 is 28.8 Å². The molecule has 1 aliphatic rings. The minimum absolute atomic E-state index is 0.196. The van der Waals surface area contributed by atoms with Crippen LogP contribution < -0.4 is 15.8 Å². The lowest BCUT2D eigenvalue weighted by molar-refractivity contribution is 0.149. The molecular weight excluding hydrogens is 312 g/mol. The predicted octanol–water partition coefficient (Wildman–Crippen LogP) is 4.48. The minimum Gasteiger partial charge on any atom is -0.473 e. The first kappa shape index (κ1) is 15.9. The molecule has 1 fully saturated rings. The number of hydrogen-bond donors (Lipinski definition) is 2. The first-order valence-corrected chi connectivity index (χ1v) is 8.31. The summed E-state index contributed by atoms with van der Waals surface area (Å²) in [7, 11) is 0. The van der Waals surface area contributed by atoms with Crippen molar-refractivity contribution in [3.05, 3.63) is 35.1 Å². The molecule has 0 amide bonds. The number of nitrogens with zero attached hydrogens (tertiary/aromatic N) is 2. The van der Waals surface area contributed by atoms with E-state index in [1.165, 1.54) is 25.6 Å². The molecule has 6 heteroatoms. The highest BCUT2D eigenvalue weighted by molar-refractivity contribution is 6.30. The van der Waals surface area contributed by atoms with E-state index in [2.05, 4.69) is 15.3 Å². The van der Waals surface area contributed by atoms with Gasteiger partial charge in [0.2, 0.25) is 5.88 Å². The number of nitrogen functional groups attached to an aromatic ring is 1. The van der Waals surface area contributed by atoms with Gasteiger partial charge in [-0.3, -0.25) is 0 Å². The molecule has 0 unspecified atom stereocenters. The van der Waals surface area contributed by atoms with Crippen LogP contribution >= 0.6 is 11.6 Å². The molecule has 0 bridgehead atoms. The number of rotatable bonds is 4. The average Bonchev–Trinajstić information content (AvgIpc) is 2.55. The van der Waals surface area contributed by atoms with Crippen molar-refractivity contribution in [1.29, 1.82) is 0 Å². The van der Waals surface area contributed by atoms with Crippen LogP contribution in [0, 0.1) is 6.92 Å². The molecule has 1 aromatic heterocycles. The van der Waals surface area contributed by atoms with E-state index in [4.69, 9.17) is 22.1 Å². The number of aromatic nitrogens is 2. The Balaban J connectivity index is 1.80. The van der Waals surface area contributed by atoms with E-state index in [0.717, 1.165) is 24.1 Å². The number of benzene rings is 1. The molecule has 0 aliphatic heterocycles. The highest BCUT2D eigenvalue weighted by atomic mass is 35.5. The zero-order valence-electron chi connectivity index (χ0n) is 13.2. The second-order valence-corrected chi connectivity index (χ2v) is 6.34. The van der Waals surface area contributed by atoms with Gasteiger partial charge in [0.15, 0.2) is 5.82 Å². The normalized spacial score (nSPS) is 15.4. The van der Waals surface area contributed by atoms with Crippen LogP contribution in [-0.2, 0) is 0 Å². The zero-order valence-corrected chi connectivity index (χ0v) is 13.9. The second-order valence-electron chi connectivity index (χ2n) is 5.90. The molecule has 1 aromatic carbocycles. The van der Waals surface area contributed by atoms with Crippen molar-refractivity contribution < 1.29 is 4.74 Å². The Morgan fingerprint density at radius 3 is 2.78 bits per heavy atom. The van der Waals surface area contributed by atoms with Crippen molar-refractivity contribution in [2.45, 2.75) is 45.1 Å². The van der Waals surface area contributed by atoms with Crippen molar-refractivity contribution in [2.24, 2.45) is 0 Å². The Labute approximate surface area is 141 Å². The van der Waals surface area contributed by atoms with Crippen molar-refractivity contribution in [3.63, 3.8) is 0 Å². The summed E-state index contributed by atoms with van der Waals surface area (Å²) in [6, 6.07) is 5.64. The number of halogens is 1. The molecule has 1 aliphatic carbocycles. The van der Waals surface area contributed by atoms with Gasteiger partial charge in [0, 0.05) is 10.7 Å². The maximum absolute atomic E-state index is 6.19. The topological polar surface area (TPSA) is 73.1 Å². The van der Waals surface area contributed by atoms with E-state index in [1.54, 1.807) is 0 Å². The fraction of sp³-hybridized carbons (Fsp3) is 0.412. The van der Waals surface area contributed by atoms with E-state index in [9.17, 15) is 0 Å². The van der Waals surface area contributed by atoms with Gasteiger partial charge in [-0.1, -0.05) is 24.1 Å². The van der Waals surface area contributed by atoms with Crippen LogP contribution in [0.4, 0.5) is 17.2 Å². The maximum Gasteiger partial charge on any atom is 0.242 e. The molecule has 0 atom stereocenters. The molecule has 122 valence electrons. The van der Waals surface area contributed by atoms with Crippen LogP contribution in [0.2, 0.25) is 5.02 Å². The maximum atomic E-state index is 6.19. The fourth-order valence-corrected chi connectivity index (χ4v) is 2.94. The number of ether oxygens (including phenoxy) is 1. The molecule has 0 spiro atoms. The molecule has 3 rings (SSSR count). The summed E-state index contributed by atoms with van der Waals surface area (Å²) in [5.41, 5.74) is 8.54. The molecule has 1 saturated carbocycles. The van der Waals surface area contributed by atoms with Gasteiger partial charge in [0.25, 0.3) is 0 Å². The van der Waals surface area contributed by atoms with Crippen molar-refractivity contribution in [2.75, 3.05) is 11.1 Å². The van der Waals surface area contributed by atoms with Crippen LogP contribution in [0.25, 0.3) is 0 Å². The third-order valence-electron chi connectivity index (χ3n) is 4.13. The van der Waals surface area contributed by atoms with E-state index < -0.39 is 0 Å². The van der Waals surface area contributed by atoms with E-state index in [1.807, 2.05) is 25.1 Å². The van der Waals surface area contributed by atoms with Gasteiger partial charge in [-0.15, -0.1) is 0 Å². The summed E-state index contributed by atoms with van der Waals surface area (Å²) in [6.07, 6.45) is 7.45. The first-order valence-electron chi connectivity index (χ1n) is 7.94. The van der Waals surface area contributed by atoms with Gasteiger partial charge in [-0.2, -0.15) is 4.98 Å². The highest BCUT2D eigenvalue weighted by Gasteiger charge is 2.18. The molecule has 5 nitrogen and oxygen atoms in total. The monoisotopic (exact) mass is 332 g/mol. The number of nitrogens with two attached hydrogens (primary N) is 1. The van der Waals surface area contributed by atoms with Gasteiger partial charge < -0.3 is 15.8 Å². The van der Waals surface area contributed by atoms with Crippen LogP contribution in [0.1, 0.15) is 37.7 Å². The molecule has 1 heterocycles. The summed E-state index contributed by atoms with van der Waals surface area (Å²) in [5.74, 6) is 0.991. The van der Waals surface area contributed by atoms with Crippen LogP contribution in [0.5, 0.6) is 5.88 Å². The van der Waals surface area contributed by atoms with Gasteiger partial charge in [0.05, 0.1) is 0 Å². The van der Waals surface area contributed by atoms with E-state index in [0.29, 0.717) is 22.4 Å². The lowest BCUT2D eigenvalue weighted by Crippen LogP contribution is -2.21. The Hall–Kier alpha value is -2.01. The molecule has 0 radical (unpaired) electrons. The van der Waals surface area contributed by atoms with E-state index >= 15 is 0 Å². The van der Waals surface area contributed by atoms with Gasteiger partial charge in [0.1, 0.15) is 18.1 Å². The Morgan fingerprint density at radius 1 is 1.22 bits per heavy atom. The standard InChI is InChI=1S/C17H21ClN4O/c1-11-7-8-12(18)9-14(11)22-16-15(19)17(21-10-20-16)23-13-5-3-2-4-6-13/h7-10,13H,2-6,19H2,1H3,(H,20,21,22). The zero-order chi connectivity index (χ0) is 16.2. The molecule has 2 aromatic rings. The quantitative estimate of drug-likeness (QED) is 0.863. The third kappa shape index (κ3) is 3.85. The third-order valence-corrected chi connectivity index (χ3v) is 4.37. The van der Waals surface area contributed by atoms with Gasteiger partial charge in [-0.25, -0.2) is 4.98 Å². The van der Waals surface area contributed by atoms with Crippen molar-refractivity contribution in [1.82, 2.24) is 9.97 Å². The highest BCUT2D eigenvalue weighted by Crippen LogP contribution is 2.32. The Morgan fingerprint density at radius 2 is 2.00 bits per heavy atom. The Kier molecular flexibility index (Phi) is 4.86. The van der Waals surface area contributed by atoms with Crippen LogP contribution in [0.15, 0.2) is 24.5 Å². The summed E-state index contributed by atoms with van der Waals surface area (Å²) in [5, 5.41) is 3.88. The number of nitrogens with one attached hydrogen (secondary N) is 1. The molecule has 23 heavy (non-hydrogen) atoms. The van der Waals surface area contributed by atoms with Gasteiger partial charge >= 0.3 is 0 Å². The SMILES string of the molecule is Cc1ccc(Cl)cc1Nc1ncnc(OC2CCCCC2)c1N. The largest absolute Gasteiger partial charge is 0.473 e. The summed E-state index contributed by atoms with van der Waals surface area (Å²) >= 11 is 6.05. The molecule has 3 N–H and O–H groups in total. The molecular formula is C17H21ClN4O. The molecule has 0 saturated heterocycles. The first-order chi connectivity index (χ1) is 11.1. The predicted molar refractivity (Wildman–Crippen MR) is 93.4 cm³/mol. The summed E-state index contributed by atoms with van der Waals surface area (Å²) in [4.78, 5) is 8.42. The summed E-state index contributed by atoms with van der Waals surface area (Å²) < 4.78 is 5.98. The lowest BCUT2D eigenvalue weighted by Gasteiger charge is -2.23. The minimum atomic E-state index is 0.196. The van der Waals surface area contributed by atoms with Crippen LogP contribution in [0.3, 0.4) is 0 Å². The lowest BCUT2D eigenvalue weighted by atomic mass is 9.98. The number of hydrogen-bond acceptors (Lipinski definition) is 5. The number of aryl methyl sites for hydroxylation is 1.